The van der Waals surface area contributed by atoms with Crippen LogP contribution in [0.2, 0.25) is 13.1 Å². The van der Waals surface area contributed by atoms with E-state index >= 15 is 0 Å². The van der Waals surface area contributed by atoms with Crippen LogP contribution in [0.1, 0.15) is 13.3 Å². The lowest BCUT2D eigenvalue weighted by atomic mass is 10.4. The maximum absolute atomic E-state index is 5.61. The number of rotatable bonds is 4. The second-order valence-electron chi connectivity index (χ2n) is 3.04. The topological polar surface area (TPSA) is 27.7 Å². The highest BCUT2D eigenvalue weighted by molar-refractivity contribution is 6.64. The normalized spacial score (nSPS) is 24.8. The van der Waals surface area contributed by atoms with Gasteiger partial charge in [0, 0.05) is 13.0 Å². The predicted octanol–water partition coefficient (Wildman–Crippen LogP) is 1.49. The van der Waals surface area contributed by atoms with Gasteiger partial charge in [0.25, 0.3) is 0 Å². The van der Waals surface area contributed by atoms with E-state index in [1.165, 1.54) is 0 Å². The molecule has 1 saturated heterocycles. The van der Waals surface area contributed by atoms with E-state index in [9.17, 15) is 0 Å². The van der Waals surface area contributed by atoms with Crippen LogP contribution in [0, 0.1) is 0 Å². The fourth-order valence-corrected chi connectivity index (χ4v) is 2.59. The summed E-state index contributed by atoms with van der Waals surface area (Å²) in [5.41, 5.74) is 0. The van der Waals surface area contributed by atoms with Crippen LogP contribution in [0.15, 0.2) is 0 Å². The average molecular weight is 176 g/mol. The van der Waals surface area contributed by atoms with Crippen molar-refractivity contribution in [2.24, 2.45) is 0 Å². The molecule has 1 aliphatic rings. The van der Waals surface area contributed by atoms with Crippen molar-refractivity contribution in [1.82, 2.24) is 0 Å². The molecule has 0 N–H and O–H groups in total. The summed E-state index contributed by atoms with van der Waals surface area (Å²) < 4.78 is 16.2. The minimum atomic E-state index is -1.86. The maximum Gasteiger partial charge on any atom is 0.333 e. The first-order valence-electron chi connectivity index (χ1n) is 4.07. The Labute approximate surface area is 68.9 Å². The molecule has 1 unspecified atom stereocenters. The molecule has 3 nitrogen and oxygen atoms in total. The zero-order chi connectivity index (χ0) is 8.32. The summed E-state index contributed by atoms with van der Waals surface area (Å²) in [4.78, 5) is 0. The van der Waals surface area contributed by atoms with Gasteiger partial charge in [-0.2, -0.15) is 0 Å². The summed E-state index contributed by atoms with van der Waals surface area (Å²) in [6, 6.07) is 0. The predicted molar refractivity (Wildman–Crippen MR) is 44.6 cm³/mol. The minimum absolute atomic E-state index is 0.0169. The zero-order valence-electron chi connectivity index (χ0n) is 7.42. The fraction of sp³-hybridized carbons (Fsp3) is 1.00. The van der Waals surface area contributed by atoms with Crippen molar-refractivity contribution in [3.8, 4) is 0 Å². The highest BCUT2D eigenvalue weighted by Crippen LogP contribution is 2.18. The molecule has 0 bridgehead atoms. The lowest BCUT2D eigenvalue weighted by Crippen LogP contribution is -2.43. The van der Waals surface area contributed by atoms with Crippen molar-refractivity contribution < 1.29 is 13.6 Å². The first kappa shape index (κ1) is 9.19. The van der Waals surface area contributed by atoms with Crippen molar-refractivity contribution in [3.63, 3.8) is 0 Å². The van der Waals surface area contributed by atoms with E-state index in [0.29, 0.717) is 0 Å². The highest BCUT2D eigenvalue weighted by Gasteiger charge is 2.31. The molecule has 1 rings (SSSR count). The molecule has 0 aromatic carbocycles. The third-order valence-electron chi connectivity index (χ3n) is 1.56. The molecule has 1 atom stereocenters. The Morgan fingerprint density at radius 1 is 1.55 bits per heavy atom. The smallest absolute Gasteiger partial charge is 0.333 e. The van der Waals surface area contributed by atoms with E-state index in [1.807, 2.05) is 20.0 Å². The average Bonchev–Trinajstić information content (AvgIpc) is 1.79. The molecule has 1 heterocycles. The van der Waals surface area contributed by atoms with Gasteiger partial charge in [-0.05, 0) is 20.0 Å². The molecule has 0 spiro atoms. The van der Waals surface area contributed by atoms with E-state index in [4.69, 9.17) is 13.6 Å². The van der Waals surface area contributed by atoms with Crippen LogP contribution < -0.4 is 0 Å². The molecule has 0 aromatic rings. The standard InChI is InChI=1S/C7H16O3Si/c1-4-9-11(2,3)10-7-5-6-8-7/h7H,4-6H2,1-3H3. The summed E-state index contributed by atoms with van der Waals surface area (Å²) in [6.45, 7) is 7.63. The Morgan fingerprint density at radius 2 is 2.18 bits per heavy atom. The molecular formula is C7H16O3Si. The van der Waals surface area contributed by atoms with Crippen LogP contribution in [0.3, 0.4) is 0 Å². The zero-order valence-corrected chi connectivity index (χ0v) is 8.42. The van der Waals surface area contributed by atoms with Crippen LogP contribution in [-0.2, 0) is 13.6 Å². The summed E-state index contributed by atoms with van der Waals surface area (Å²) in [7, 11) is -1.86. The third kappa shape index (κ3) is 2.90. The molecular weight excluding hydrogens is 160 g/mol. The van der Waals surface area contributed by atoms with Crippen molar-refractivity contribution in [3.05, 3.63) is 0 Å². The third-order valence-corrected chi connectivity index (χ3v) is 3.38. The molecule has 0 radical (unpaired) electrons. The highest BCUT2D eigenvalue weighted by atomic mass is 28.4. The van der Waals surface area contributed by atoms with Gasteiger partial charge >= 0.3 is 8.56 Å². The molecule has 11 heavy (non-hydrogen) atoms. The van der Waals surface area contributed by atoms with Gasteiger partial charge in [-0.3, -0.25) is 0 Å². The lowest BCUT2D eigenvalue weighted by molar-refractivity contribution is -0.178. The second kappa shape index (κ2) is 3.67. The van der Waals surface area contributed by atoms with Gasteiger partial charge in [-0.1, -0.05) is 0 Å². The van der Waals surface area contributed by atoms with E-state index < -0.39 is 8.56 Å². The molecule has 0 aromatic heterocycles. The first-order valence-corrected chi connectivity index (χ1v) is 6.89. The van der Waals surface area contributed by atoms with E-state index in [-0.39, 0.29) is 6.29 Å². The molecule has 0 saturated carbocycles. The van der Waals surface area contributed by atoms with E-state index in [2.05, 4.69) is 0 Å². The van der Waals surface area contributed by atoms with Gasteiger partial charge in [0.2, 0.25) is 0 Å². The molecule has 66 valence electrons. The van der Waals surface area contributed by atoms with Crippen molar-refractivity contribution in [2.45, 2.75) is 32.7 Å². The van der Waals surface area contributed by atoms with Gasteiger partial charge in [0.05, 0.1) is 6.61 Å². The monoisotopic (exact) mass is 176 g/mol. The maximum atomic E-state index is 5.61. The van der Waals surface area contributed by atoms with Crippen molar-refractivity contribution >= 4 is 8.56 Å². The number of hydrogen-bond donors (Lipinski definition) is 0. The molecule has 0 aliphatic carbocycles. The summed E-state index contributed by atoms with van der Waals surface area (Å²) in [5, 5.41) is 0. The van der Waals surface area contributed by atoms with Gasteiger partial charge < -0.3 is 13.6 Å². The quantitative estimate of drug-likeness (QED) is 0.607. The van der Waals surface area contributed by atoms with Crippen molar-refractivity contribution in [2.75, 3.05) is 13.2 Å². The van der Waals surface area contributed by atoms with E-state index in [0.717, 1.165) is 19.6 Å². The SMILES string of the molecule is CCO[Si](C)(C)OC1CCO1. The molecule has 4 heteroatoms. The minimum Gasteiger partial charge on any atom is -0.395 e. The van der Waals surface area contributed by atoms with Crippen LogP contribution in [-0.4, -0.2) is 28.1 Å². The number of hydrogen-bond acceptors (Lipinski definition) is 3. The van der Waals surface area contributed by atoms with Gasteiger partial charge in [0.15, 0.2) is 6.29 Å². The van der Waals surface area contributed by atoms with Crippen LogP contribution in [0.5, 0.6) is 0 Å². The molecule has 1 fully saturated rings. The Morgan fingerprint density at radius 3 is 2.55 bits per heavy atom. The largest absolute Gasteiger partial charge is 0.395 e. The summed E-state index contributed by atoms with van der Waals surface area (Å²) >= 11 is 0. The number of ether oxygens (including phenoxy) is 1. The fourth-order valence-electron chi connectivity index (χ4n) is 1.01. The molecule has 0 amide bonds. The van der Waals surface area contributed by atoms with Gasteiger partial charge in [-0.25, -0.2) is 0 Å². The molecule has 1 aliphatic heterocycles. The summed E-state index contributed by atoms with van der Waals surface area (Å²) in [6.07, 6.45) is 1.03. The van der Waals surface area contributed by atoms with Gasteiger partial charge in [-0.15, -0.1) is 0 Å². The Balaban J connectivity index is 2.20. The Hall–Kier alpha value is 0.0969. The van der Waals surface area contributed by atoms with Crippen LogP contribution in [0.25, 0.3) is 0 Å². The van der Waals surface area contributed by atoms with Crippen molar-refractivity contribution in [1.29, 1.82) is 0 Å². The second-order valence-corrected chi connectivity index (χ2v) is 6.36. The first-order chi connectivity index (χ1) is 5.14. The Bertz CT molecular complexity index is 123. The van der Waals surface area contributed by atoms with Crippen LogP contribution >= 0.6 is 0 Å². The van der Waals surface area contributed by atoms with Crippen LogP contribution in [0.4, 0.5) is 0 Å². The Kier molecular flexibility index (Phi) is 3.06. The van der Waals surface area contributed by atoms with Gasteiger partial charge in [0.1, 0.15) is 0 Å². The van der Waals surface area contributed by atoms with E-state index in [1.54, 1.807) is 0 Å². The lowest BCUT2D eigenvalue weighted by Gasteiger charge is -2.33. The summed E-state index contributed by atoms with van der Waals surface area (Å²) in [5.74, 6) is 0.